The Hall–Kier alpha value is -2.11. The quantitative estimate of drug-likeness (QED) is 0.0278. The molecule has 0 spiro atoms. The van der Waals surface area contributed by atoms with Crippen molar-refractivity contribution in [3.05, 3.63) is 24.8 Å². The lowest BCUT2D eigenvalue weighted by atomic mass is 10.0. The lowest BCUT2D eigenvalue weighted by molar-refractivity contribution is -0.167. The molecule has 0 saturated heterocycles. The molecule has 1 unspecified atom stereocenters. The maximum atomic E-state index is 12.5. The van der Waals surface area contributed by atoms with E-state index in [1.165, 1.54) is 89.9 Å². The van der Waals surface area contributed by atoms with Gasteiger partial charge in [-0.3, -0.25) is 14.4 Å². The molecule has 286 valence electrons. The predicted octanol–water partition coefficient (Wildman–Crippen LogP) is 12.9. The number of carbonyl (C=O) groups excluding carboxylic acids is 3. The van der Waals surface area contributed by atoms with Gasteiger partial charge in [0.25, 0.3) is 0 Å². The van der Waals surface area contributed by atoms with Crippen LogP contribution in [0.15, 0.2) is 24.8 Å². The second kappa shape index (κ2) is 38.7. The van der Waals surface area contributed by atoms with Gasteiger partial charge in [0.2, 0.25) is 0 Å². The van der Waals surface area contributed by atoms with Crippen LogP contribution in [0.25, 0.3) is 0 Å². The predicted molar refractivity (Wildman–Crippen MR) is 206 cm³/mol. The number of allylic oxidation sites excluding steroid dienone is 3. The molecule has 0 aromatic heterocycles. The van der Waals surface area contributed by atoms with Gasteiger partial charge in [-0.25, -0.2) is 0 Å². The fourth-order valence-corrected chi connectivity index (χ4v) is 5.95. The highest BCUT2D eigenvalue weighted by Gasteiger charge is 2.19. The Labute approximate surface area is 303 Å². The van der Waals surface area contributed by atoms with Gasteiger partial charge in [0.05, 0.1) is 0 Å². The van der Waals surface area contributed by atoms with Gasteiger partial charge >= 0.3 is 17.9 Å². The SMILES string of the molecule is C=CCCCCCCCC(=O)OC(COC(=O)CCCCCCCC=CCC)COC(=O)CCCCCCCCCCCCCCCCC. The maximum absolute atomic E-state index is 12.5. The molecule has 0 aliphatic rings. The summed E-state index contributed by atoms with van der Waals surface area (Å²) in [5.74, 6) is -0.915. The molecule has 0 radical (unpaired) electrons. The van der Waals surface area contributed by atoms with Crippen molar-refractivity contribution in [2.24, 2.45) is 0 Å². The molecule has 0 N–H and O–H groups in total. The third-order valence-corrected chi connectivity index (χ3v) is 9.09. The van der Waals surface area contributed by atoms with E-state index in [1.807, 2.05) is 6.08 Å². The molecule has 0 rings (SSSR count). The highest BCUT2D eigenvalue weighted by molar-refractivity contribution is 5.71. The molecule has 6 nitrogen and oxygen atoms in total. The standard InChI is InChI=1S/C43H78O6/c1-4-7-10-13-16-18-19-20-21-22-23-25-28-30-33-36-42(45)48-39-40(49-43(46)37-34-31-26-15-12-9-6-3)38-47-41(44)35-32-29-27-24-17-14-11-8-5-2/h6,8,11,40H,3-5,7,9-10,12-39H2,1-2H3. The molecule has 0 aliphatic carbocycles. The number of unbranched alkanes of at least 4 members (excludes halogenated alkanes) is 24. The van der Waals surface area contributed by atoms with E-state index in [-0.39, 0.29) is 31.1 Å². The summed E-state index contributed by atoms with van der Waals surface area (Å²) >= 11 is 0. The average molecular weight is 691 g/mol. The number of esters is 3. The van der Waals surface area contributed by atoms with Gasteiger partial charge in [-0.15, -0.1) is 6.58 Å². The second-order valence-electron chi connectivity index (χ2n) is 14.0. The molecular formula is C43H78O6. The summed E-state index contributed by atoms with van der Waals surface area (Å²) in [6.07, 6.45) is 39.3. The van der Waals surface area contributed by atoms with Gasteiger partial charge in [-0.1, -0.05) is 160 Å². The van der Waals surface area contributed by atoms with Crippen molar-refractivity contribution < 1.29 is 28.6 Å². The van der Waals surface area contributed by atoms with E-state index in [0.29, 0.717) is 19.3 Å². The normalized spacial score (nSPS) is 11.9. The lowest BCUT2D eigenvalue weighted by Crippen LogP contribution is -2.30. The summed E-state index contributed by atoms with van der Waals surface area (Å²) in [5.41, 5.74) is 0. The van der Waals surface area contributed by atoms with Crippen LogP contribution in [0.5, 0.6) is 0 Å². The van der Waals surface area contributed by atoms with Crippen molar-refractivity contribution in [3.63, 3.8) is 0 Å². The minimum absolute atomic E-state index is 0.0787. The minimum Gasteiger partial charge on any atom is -0.462 e. The van der Waals surface area contributed by atoms with Gasteiger partial charge in [0.15, 0.2) is 6.10 Å². The number of ether oxygens (including phenoxy) is 3. The van der Waals surface area contributed by atoms with Crippen LogP contribution in [0.1, 0.15) is 213 Å². The number of hydrogen-bond donors (Lipinski definition) is 0. The zero-order valence-electron chi connectivity index (χ0n) is 32.3. The van der Waals surface area contributed by atoms with Crippen molar-refractivity contribution in [1.29, 1.82) is 0 Å². The molecular weight excluding hydrogens is 612 g/mol. The zero-order valence-corrected chi connectivity index (χ0v) is 32.3. The van der Waals surface area contributed by atoms with Crippen LogP contribution in [0.4, 0.5) is 0 Å². The first-order valence-electron chi connectivity index (χ1n) is 20.8. The van der Waals surface area contributed by atoms with E-state index >= 15 is 0 Å². The van der Waals surface area contributed by atoms with Crippen LogP contribution < -0.4 is 0 Å². The van der Waals surface area contributed by atoms with Crippen LogP contribution in [-0.4, -0.2) is 37.2 Å². The van der Waals surface area contributed by atoms with E-state index in [2.05, 4.69) is 32.6 Å². The van der Waals surface area contributed by atoms with Gasteiger partial charge in [0.1, 0.15) is 13.2 Å². The van der Waals surface area contributed by atoms with E-state index in [9.17, 15) is 14.4 Å². The van der Waals surface area contributed by atoms with E-state index < -0.39 is 6.10 Å². The molecule has 0 aliphatic heterocycles. The highest BCUT2D eigenvalue weighted by Crippen LogP contribution is 2.15. The summed E-state index contributed by atoms with van der Waals surface area (Å²) in [5, 5.41) is 0. The van der Waals surface area contributed by atoms with Crippen molar-refractivity contribution in [1.82, 2.24) is 0 Å². The Kier molecular flexibility index (Phi) is 37.0. The van der Waals surface area contributed by atoms with Crippen molar-refractivity contribution in [2.45, 2.75) is 219 Å². The summed E-state index contributed by atoms with van der Waals surface area (Å²) < 4.78 is 16.5. The molecule has 0 bridgehead atoms. The molecule has 49 heavy (non-hydrogen) atoms. The topological polar surface area (TPSA) is 78.9 Å². The number of hydrogen-bond acceptors (Lipinski definition) is 6. The fourth-order valence-electron chi connectivity index (χ4n) is 5.95. The maximum Gasteiger partial charge on any atom is 0.306 e. The van der Waals surface area contributed by atoms with Crippen LogP contribution in [0, 0.1) is 0 Å². The van der Waals surface area contributed by atoms with Crippen LogP contribution >= 0.6 is 0 Å². The zero-order chi connectivity index (χ0) is 35.9. The number of carbonyl (C=O) groups is 3. The van der Waals surface area contributed by atoms with Crippen molar-refractivity contribution in [3.8, 4) is 0 Å². The third kappa shape index (κ3) is 37.0. The Balaban J connectivity index is 4.23. The third-order valence-electron chi connectivity index (χ3n) is 9.09. The lowest BCUT2D eigenvalue weighted by Gasteiger charge is -2.18. The monoisotopic (exact) mass is 691 g/mol. The van der Waals surface area contributed by atoms with Crippen LogP contribution in [0.2, 0.25) is 0 Å². The van der Waals surface area contributed by atoms with Gasteiger partial charge in [0, 0.05) is 19.3 Å². The molecule has 1 atom stereocenters. The molecule has 0 aromatic carbocycles. The van der Waals surface area contributed by atoms with Gasteiger partial charge in [-0.05, 0) is 51.4 Å². The van der Waals surface area contributed by atoms with Crippen molar-refractivity contribution in [2.75, 3.05) is 13.2 Å². The molecule has 0 heterocycles. The first kappa shape index (κ1) is 46.9. The van der Waals surface area contributed by atoms with E-state index in [0.717, 1.165) is 89.9 Å². The smallest absolute Gasteiger partial charge is 0.306 e. The molecule has 0 saturated carbocycles. The summed E-state index contributed by atoms with van der Waals surface area (Å²) in [6, 6.07) is 0. The summed E-state index contributed by atoms with van der Waals surface area (Å²) in [4.78, 5) is 37.4. The van der Waals surface area contributed by atoms with E-state index in [4.69, 9.17) is 14.2 Å². The molecule has 0 amide bonds. The summed E-state index contributed by atoms with van der Waals surface area (Å²) in [6.45, 7) is 8.01. The highest BCUT2D eigenvalue weighted by atomic mass is 16.6. The molecule has 0 fully saturated rings. The van der Waals surface area contributed by atoms with Crippen LogP contribution in [-0.2, 0) is 28.6 Å². The van der Waals surface area contributed by atoms with Crippen LogP contribution in [0.3, 0.4) is 0 Å². The Morgan fingerprint density at radius 3 is 1.24 bits per heavy atom. The van der Waals surface area contributed by atoms with Crippen molar-refractivity contribution >= 4 is 17.9 Å². The Bertz CT molecular complexity index is 791. The van der Waals surface area contributed by atoms with E-state index in [1.54, 1.807) is 0 Å². The largest absolute Gasteiger partial charge is 0.462 e. The molecule has 0 aromatic rings. The Morgan fingerprint density at radius 1 is 0.469 bits per heavy atom. The first-order valence-corrected chi connectivity index (χ1v) is 20.8. The fraction of sp³-hybridized carbons (Fsp3) is 0.837. The average Bonchev–Trinajstić information content (AvgIpc) is 3.10. The second-order valence-corrected chi connectivity index (χ2v) is 14.0. The summed E-state index contributed by atoms with van der Waals surface area (Å²) in [7, 11) is 0. The van der Waals surface area contributed by atoms with Gasteiger partial charge in [-0.2, -0.15) is 0 Å². The van der Waals surface area contributed by atoms with Gasteiger partial charge < -0.3 is 14.2 Å². The molecule has 6 heteroatoms. The minimum atomic E-state index is -0.773. The number of rotatable bonds is 38. The Morgan fingerprint density at radius 2 is 0.837 bits per heavy atom. The first-order chi connectivity index (χ1) is 24.0.